The Kier molecular flexibility index (Phi) is 4.39. The van der Waals surface area contributed by atoms with Gasteiger partial charge in [-0.05, 0) is 19.5 Å². The molecule has 0 aliphatic rings. The Bertz CT molecular complexity index is 491. The molecular formula is C14H22N4O. The van der Waals surface area contributed by atoms with Crippen molar-refractivity contribution >= 4 is 0 Å². The van der Waals surface area contributed by atoms with Crippen LogP contribution in [0.5, 0.6) is 0 Å². The van der Waals surface area contributed by atoms with Gasteiger partial charge in [-0.15, -0.1) is 0 Å². The monoisotopic (exact) mass is 262 g/mol. The van der Waals surface area contributed by atoms with E-state index in [1.54, 1.807) is 12.5 Å². The lowest BCUT2D eigenvalue weighted by molar-refractivity contribution is 0.201. The minimum Gasteiger partial charge on any atom is -0.472 e. The van der Waals surface area contributed by atoms with Crippen LogP contribution >= 0.6 is 0 Å². The first-order chi connectivity index (χ1) is 9.11. The van der Waals surface area contributed by atoms with Crippen molar-refractivity contribution in [2.75, 3.05) is 7.05 Å². The average molecular weight is 262 g/mol. The highest BCUT2D eigenvalue weighted by Crippen LogP contribution is 2.25. The zero-order valence-electron chi connectivity index (χ0n) is 11.8. The Hall–Kier alpha value is -1.59. The Balaban J connectivity index is 2.17. The second-order valence-corrected chi connectivity index (χ2v) is 5.01. The fourth-order valence-electron chi connectivity index (χ4n) is 2.41. The zero-order valence-corrected chi connectivity index (χ0v) is 11.8. The molecule has 0 aliphatic carbocycles. The van der Waals surface area contributed by atoms with Crippen LogP contribution in [-0.2, 0) is 13.6 Å². The standard InChI is InChI=1S/C14H22N4O/c1-4-13(15)14(12-7-16-18(3)9-12)17(2)8-11-5-6-19-10-11/h5-7,9-10,13-14H,4,8,15H2,1-3H3. The molecule has 5 nitrogen and oxygen atoms in total. The highest BCUT2D eigenvalue weighted by molar-refractivity contribution is 5.14. The van der Waals surface area contributed by atoms with Gasteiger partial charge in [0.1, 0.15) is 0 Å². The second kappa shape index (κ2) is 6.04. The van der Waals surface area contributed by atoms with Crippen LogP contribution in [0.2, 0.25) is 0 Å². The second-order valence-electron chi connectivity index (χ2n) is 5.01. The van der Waals surface area contributed by atoms with Crippen molar-refractivity contribution in [3.05, 3.63) is 42.1 Å². The molecule has 2 aromatic heterocycles. The van der Waals surface area contributed by atoms with Gasteiger partial charge >= 0.3 is 0 Å². The number of aryl methyl sites for hydroxylation is 1. The van der Waals surface area contributed by atoms with E-state index in [2.05, 4.69) is 24.0 Å². The summed E-state index contributed by atoms with van der Waals surface area (Å²) < 4.78 is 6.93. The first-order valence-corrected chi connectivity index (χ1v) is 6.57. The number of nitrogens with zero attached hydrogens (tertiary/aromatic N) is 3. The van der Waals surface area contributed by atoms with Gasteiger partial charge in [-0.2, -0.15) is 5.10 Å². The molecule has 2 N–H and O–H groups in total. The van der Waals surface area contributed by atoms with E-state index in [4.69, 9.17) is 10.2 Å². The van der Waals surface area contributed by atoms with Crippen molar-refractivity contribution in [2.45, 2.75) is 32.0 Å². The van der Waals surface area contributed by atoms with Crippen LogP contribution in [0.25, 0.3) is 0 Å². The molecule has 0 bridgehead atoms. The number of aromatic nitrogens is 2. The van der Waals surface area contributed by atoms with E-state index in [1.165, 1.54) is 0 Å². The van der Waals surface area contributed by atoms with Gasteiger partial charge in [-0.25, -0.2) is 0 Å². The van der Waals surface area contributed by atoms with Gasteiger partial charge < -0.3 is 10.2 Å². The summed E-state index contributed by atoms with van der Waals surface area (Å²) in [5, 5.41) is 4.25. The molecule has 0 saturated carbocycles. The normalized spacial score (nSPS) is 14.8. The summed E-state index contributed by atoms with van der Waals surface area (Å²) in [5.74, 6) is 0. The number of likely N-dealkylation sites (N-methyl/N-ethyl adjacent to an activating group) is 1. The van der Waals surface area contributed by atoms with Crippen LogP contribution in [0, 0.1) is 0 Å². The molecule has 19 heavy (non-hydrogen) atoms. The van der Waals surface area contributed by atoms with Crippen molar-refractivity contribution in [1.82, 2.24) is 14.7 Å². The summed E-state index contributed by atoms with van der Waals surface area (Å²) in [4.78, 5) is 2.25. The Morgan fingerprint density at radius 2 is 2.32 bits per heavy atom. The third kappa shape index (κ3) is 3.24. The van der Waals surface area contributed by atoms with E-state index >= 15 is 0 Å². The Morgan fingerprint density at radius 3 is 2.84 bits per heavy atom. The quantitative estimate of drug-likeness (QED) is 0.864. The average Bonchev–Trinajstić information content (AvgIpc) is 3.01. The predicted molar refractivity (Wildman–Crippen MR) is 74.4 cm³/mol. The molecule has 0 spiro atoms. The molecule has 0 saturated heterocycles. The molecule has 5 heteroatoms. The molecule has 2 unspecified atom stereocenters. The van der Waals surface area contributed by atoms with Crippen molar-refractivity contribution < 1.29 is 4.42 Å². The van der Waals surface area contributed by atoms with Gasteiger partial charge in [0.2, 0.25) is 0 Å². The zero-order chi connectivity index (χ0) is 13.8. The molecule has 104 valence electrons. The first kappa shape index (κ1) is 13.8. The summed E-state index contributed by atoms with van der Waals surface area (Å²) in [7, 11) is 4.01. The fraction of sp³-hybridized carbons (Fsp3) is 0.500. The van der Waals surface area contributed by atoms with E-state index in [-0.39, 0.29) is 12.1 Å². The van der Waals surface area contributed by atoms with Gasteiger partial charge in [0, 0.05) is 37.0 Å². The van der Waals surface area contributed by atoms with E-state index < -0.39 is 0 Å². The molecule has 0 aliphatic heterocycles. The molecule has 2 aromatic rings. The highest BCUT2D eigenvalue weighted by Gasteiger charge is 2.24. The number of nitrogens with two attached hydrogens (primary N) is 1. The summed E-state index contributed by atoms with van der Waals surface area (Å²) in [6.07, 6.45) is 8.32. The molecule has 2 rings (SSSR count). The summed E-state index contributed by atoms with van der Waals surface area (Å²) in [5.41, 5.74) is 8.59. The van der Waals surface area contributed by atoms with Crippen molar-refractivity contribution in [3.8, 4) is 0 Å². The molecule has 0 aromatic carbocycles. The van der Waals surface area contributed by atoms with Gasteiger partial charge in [0.05, 0.1) is 24.8 Å². The van der Waals surface area contributed by atoms with E-state index in [0.29, 0.717) is 0 Å². The number of rotatable bonds is 6. The van der Waals surface area contributed by atoms with Crippen molar-refractivity contribution in [1.29, 1.82) is 0 Å². The maximum absolute atomic E-state index is 6.29. The van der Waals surface area contributed by atoms with Gasteiger partial charge in [0.15, 0.2) is 0 Å². The van der Waals surface area contributed by atoms with Crippen molar-refractivity contribution in [2.24, 2.45) is 12.8 Å². The third-order valence-corrected chi connectivity index (χ3v) is 3.43. The maximum atomic E-state index is 6.29. The third-order valence-electron chi connectivity index (χ3n) is 3.43. The number of hydrogen-bond donors (Lipinski definition) is 1. The molecule has 2 heterocycles. The van der Waals surface area contributed by atoms with Crippen LogP contribution < -0.4 is 5.73 Å². The summed E-state index contributed by atoms with van der Waals surface area (Å²) in [6.45, 7) is 2.92. The van der Waals surface area contributed by atoms with Gasteiger partial charge in [-0.1, -0.05) is 6.92 Å². The number of furan rings is 1. The van der Waals surface area contributed by atoms with Crippen LogP contribution in [0.1, 0.15) is 30.5 Å². The molecule has 0 radical (unpaired) electrons. The SMILES string of the molecule is CCC(N)C(c1cnn(C)c1)N(C)Cc1ccoc1. The topological polar surface area (TPSA) is 60.2 Å². The molecule has 0 amide bonds. The van der Waals surface area contributed by atoms with E-state index in [1.807, 2.05) is 30.2 Å². The summed E-state index contributed by atoms with van der Waals surface area (Å²) >= 11 is 0. The summed E-state index contributed by atoms with van der Waals surface area (Å²) in [6, 6.07) is 2.23. The Morgan fingerprint density at radius 1 is 1.53 bits per heavy atom. The van der Waals surface area contributed by atoms with Crippen LogP contribution in [0.3, 0.4) is 0 Å². The highest BCUT2D eigenvalue weighted by atomic mass is 16.3. The minimum atomic E-state index is 0.0844. The van der Waals surface area contributed by atoms with Gasteiger partial charge in [0.25, 0.3) is 0 Å². The van der Waals surface area contributed by atoms with Crippen LogP contribution in [-0.4, -0.2) is 27.8 Å². The predicted octanol–water partition coefficient (Wildman–Crippen LogP) is 1.92. The Labute approximate surface area is 114 Å². The smallest absolute Gasteiger partial charge is 0.0947 e. The lowest BCUT2D eigenvalue weighted by atomic mass is 9.99. The van der Waals surface area contributed by atoms with Crippen LogP contribution in [0.4, 0.5) is 0 Å². The lowest BCUT2D eigenvalue weighted by Crippen LogP contribution is -2.38. The lowest BCUT2D eigenvalue weighted by Gasteiger charge is -2.31. The van der Waals surface area contributed by atoms with E-state index in [0.717, 1.165) is 24.1 Å². The fourth-order valence-corrected chi connectivity index (χ4v) is 2.41. The maximum Gasteiger partial charge on any atom is 0.0947 e. The molecular weight excluding hydrogens is 240 g/mol. The van der Waals surface area contributed by atoms with E-state index in [9.17, 15) is 0 Å². The van der Waals surface area contributed by atoms with Crippen molar-refractivity contribution in [3.63, 3.8) is 0 Å². The first-order valence-electron chi connectivity index (χ1n) is 6.57. The van der Waals surface area contributed by atoms with Crippen LogP contribution in [0.15, 0.2) is 35.4 Å². The largest absolute Gasteiger partial charge is 0.472 e. The minimum absolute atomic E-state index is 0.0844. The van der Waals surface area contributed by atoms with Gasteiger partial charge in [-0.3, -0.25) is 9.58 Å². The number of hydrogen-bond acceptors (Lipinski definition) is 4. The molecule has 2 atom stereocenters. The molecule has 0 fully saturated rings.